The van der Waals surface area contributed by atoms with Gasteiger partial charge in [0.1, 0.15) is 0 Å². The van der Waals surface area contributed by atoms with Crippen LogP contribution in [0.1, 0.15) is 51.0 Å². The van der Waals surface area contributed by atoms with Gasteiger partial charge in [0, 0.05) is 6.54 Å². The van der Waals surface area contributed by atoms with Gasteiger partial charge in [-0.2, -0.15) is 0 Å². The molecule has 2 fully saturated rings. The zero-order valence-electron chi connectivity index (χ0n) is 12.8. The molecule has 1 aromatic carbocycles. The molecule has 0 bridgehead atoms. The van der Waals surface area contributed by atoms with Crippen molar-refractivity contribution in [3.8, 4) is 0 Å². The molecule has 0 unspecified atom stereocenters. The fourth-order valence-electron chi connectivity index (χ4n) is 3.42. The predicted octanol–water partition coefficient (Wildman–Crippen LogP) is 2.78. The summed E-state index contributed by atoms with van der Waals surface area (Å²) in [7, 11) is 0. The van der Waals surface area contributed by atoms with Gasteiger partial charge < -0.3 is 10.4 Å². The van der Waals surface area contributed by atoms with Gasteiger partial charge >= 0.3 is 0 Å². The molecule has 3 rings (SSSR count). The maximum Gasteiger partial charge on any atom is 0.230 e. The molecule has 2 aliphatic carbocycles. The Morgan fingerprint density at radius 3 is 2.38 bits per heavy atom. The third kappa shape index (κ3) is 2.98. The molecular weight excluding hydrogens is 262 g/mol. The largest absolute Gasteiger partial charge is 0.388 e. The van der Waals surface area contributed by atoms with E-state index < -0.39 is 5.60 Å². The summed E-state index contributed by atoms with van der Waals surface area (Å²) in [6, 6.07) is 10.0. The van der Waals surface area contributed by atoms with Gasteiger partial charge in [-0.1, -0.05) is 37.3 Å². The number of benzene rings is 1. The fourth-order valence-corrected chi connectivity index (χ4v) is 3.42. The minimum absolute atomic E-state index is 0.0840. The summed E-state index contributed by atoms with van der Waals surface area (Å²) in [6.45, 7) is 2.62. The lowest BCUT2D eigenvalue weighted by Crippen LogP contribution is -2.47. The molecule has 3 heteroatoms. The highest BCUT2D eigenvalue weighted by Crippen LogP contribution is 2.48. The predicted molar refractivity (Wildman–Crippen MR) is 82.9 cm³/mol. The highest BCUT2D eigenvalue weighted by molar-refractivity contribution is 5.91. The van der Waals surface area contributed by atoms with E-state index in [1.54, 1.807) is 0 Å². The minimum atomic E-state index is -0.699. The van der Waals surface area contributed by atoms with Crippen LogP contribution in [0.15, 0.2) is 30.3 Å². The van der Waals surface area contributed by atoms with Crippen molar-refractivity contribution in [1.82, 2.24) is 5.32 Å². The molecule has 0 aromatic heterocycles. The van der Waals surface area contributed by atoms with Gasteiger partial charge in [0.2, 0.25) is 5.91 Å². The van der Waals surface area contributed by atoms with Crippen LogP contribution in [0.3, 0.4) is 0 Å². The second kappa shape index (κ2) is 5.45. The van der Waals surface area contributed by atoms with Gasteiger partial charge in [0.05, 0.1) is 11.0 Å². The van der Waals surface area contributed by atoms with Crippen LogP contribution in [0.2, 0.25) is 0 Å². The Morgan fingerprint density at radius 1 is 1.19 bits per heavy atom. The fraction of sp³-hybridized carbons (Fsp3) is 0.611. The molecule has 3 nitrogen and oxygen atoms in total. The third-order valence-corrected chi connectivity index (χ3v) is 5.29. The first-order valence-corrected chi connectivity index (χ1v) is 8.10. The minimum Gasteiger partial charge on any atom is -0.388 e. The Balaban J connectivity index is 1.60. The first-order valence-electron chi connectivity index (χ1n) is 8.10. The van der Waals surface area contributed by atoms with Crippen LogP contribution in [0.5, 0.6) is 0 Å². The summed E-state index contributed by atoms with van der Waals surface area (Å²) in [4.78, 5) is 12.6. The van der Waals surface area contributed by atoms with E-state index >= 15 is 0 Å². The van der Waals surface area contributed by atoms with E-state index in [4.69, 9.17) is 0 Å². The number of amides is 1. The second-order valence-corrected chi connectivity index (χ2v) is 7.04. The van der Waals surface area contributed by atoms with Crippen molar-refractivity contribution in [2.45, 2.75) is 56.5 Å². The molecule has 0 spiro atoms. The number of aliphatic hydroxyl groups is 1. The molecule has 114 valence electrons. The van der Waals surface area contributed by atoms with E-state index in [9.17, 15) is 9.90 Å². The van der Waals surface area contributed by atoms with E-state index in [0.29, 0.717) is 12.5 Å². The summed E-state index contributed by atoms with van der Waals surface area (Å²) in [5.74, 6) is 0.779. The van der Waals surface area contributed by atoms with Gasteiger partial charge in [-0.05, 0) is 50.0 Å². The van der Waals surface area contributed by atoms with Crippen molar-refractivity contribution in [3.63, 3.8) is 0 Å². The van der Waals surface area contributed by atoms with Gasteiger partial charge in [0.15, 0.2) is 0 Å². The molecule has 0 saturated heterocycles. The third-order valence-electron chi connectivity index (χ3n) is 5.29. The van der Waals surface area contributed by atoms with Gasteiger partial charge in [-0.25, -0.2) is 0 Å². The normalized spacial score (nSPS) is 30.7. The highest BCUT2D eigenvalue weighted by atomic mass is 16.3. The Hall–Kier alpha value is -1.35. The number of hydrogen-bond donors (Lipinski definition) is 2. The van der Waals surface area contributed by atoms with Crippen LogP contribution < -0.4 is 5.32 Å². The van der Waals surface area contributed by atoms with E-state index in [1.807, 2.05) is 30.3 Å². The van der Waals surface area contributed by atoms with Crippen LogP contribution in [0.4, 0.5) is 0 Å². The van der Waals surface area contributed by atoms with Crippen molar-refractivity contribution in [1.29, 1.82) is 0 Å². The summed E-state index contributed by atoms with van der Waals surface area (Å²) in [5.41, 5.74) is 0.0703. The van der Waals surface area contributed by atoms with E-state index in [0.717, 1.165) is 44.1 Å². The lowest BCUT2D eigenvalue weighted by atomic mass is 9.79. The summed E-state index contributed by atoms with van der Waals surface area (Å²) in [5, 5.41) is 13.6. The number of nitrogens with one attached hydrogen (secondary N) is 1. The van der Waals surface area contributed by atoms with Gasteiger partial charge in [0.25, 0.3) is 0 Å². The quantitative estimate of drug-likeness (QED) is 0.894. The summed E-state index contributed by atoms with van der Waals surface area (Å²) >= 11 is 0. The highest BCUT2D eigenvalue weighted by Gasteiger charge is 2.51. The lowest BCUT2D eigenvalue weighted by Gasteiger charge is -2.35. The monoisotopic (exact) mass is 287 g/mol. The van der Waals surface area contributed by atoms with Crippen LogP contribution in [0, 0.1) is 5.92 Å². The molecule has 0 atom stereocenters. The van der Waals surface area contributed by atoms with Crippen molar-refractivity contribution >= 4 is 5.91 Å². The number of rotatable bonds is 4. The number of hydrogen-bond acceptors (Lipinski definition) is 2. The van der Waals surface area contributed by atoms with E-state index in [1.165, 1.54) is 0 Å². The zero-order valence-corrected chi connectivity index (χ0v) is 12.8. The molecule has 0 heterocycles. The maximum absolute atomic E-state index is 12.6. The van der Waals surface area contributed by atoms with Crippen molar-refractivity contribution in [2.75, 3.05) is 6.54 Å². The van der Waals surface area contributed by atoms with Crippen LogP contribution in [-0.4, -0.2) is 23.2 Å². The standard InChI is InChI=1S/C18H25NO2/c1-14-7-9-17(21,10-8-14)13-19-16(20)18(11-12-18)15-5-3-2-4-6-15/h2-6,14,21H,7-13H2,1H3,(H,19,20). The molecule has 2 saturated carbocycles. The first kappa shape index (κ1) is 14.6. The van der Waals surface area contributed by atoms with Crippen LogP contribution >= 0.6 is 0 Å². The Kier molecular flexibility index (Phi) is 3.78. The summed E-state index contributed by atoms with van der Waals surface area (Å²) in [6.07, 6.45) is 5.53. The van der Waals surface area contributed by atoms with Crippen molar-refractivity contribution in [3.05, 3.63) is 35.9 Å². The number of carbonyl (C=O) groups is 1. The molecule has 0 aliphatic heterocycles. The summed E-state index contributed by atoms with van der Waals surface area (Å²) < 4.78 is 0. The molecular formula is C18H25NO2. The smallest absolute Gasteiger partial charge is 0.230 e. The zero-order chi connectivity index (χ0) is 14.9. The SMILES string of the molecule is CC1CCC(O)(CNC(=O)C2(c3ccccc3)CC2)CC1. The Bertz CT molecular complexity index is 499. The van der Waals surface area contributed by atoms with Crippen molar-refractivity contribution < 1.29 is 9.90 Å². The number of carbonyl (C=O) groups excluding carboxylic acids is 1. The molecule has 2 N–H and O–H groups in total. The van der Waals surface area contributed by atoms with Crippen LogP contribution in [0.25, 0.3) is 0 Å². The maximum atomic E-state index is 12.6. The average molecular weight is 287 g/mol. The lowest BCUT2D eigenvalue weighted by molar-refractivity contribution is -0.125. The Labute approximate surface area is 126 Å². The molecule has 0 radical (unpaired) electrons. The molecule has 1 aromatic rings. The average Bonchev–Trinajstić information content (AvgIpc) is 3.31. The molecule has 21 heavy (non-hydrogen) atoms. The van der Waals surface area contributed by atoms with Crippen LogP contribution in [-0.2, 0) is 10.2 Å². The second-order valence-electron chi connectivity index (χ2n) is 7.04. The van der Waals surface area contributed by atoms with Gasteiger partial charge in [-0.3, -0.25) is 4.79 Å². The van der Waals surface area contributed by atoms with E-state index in [-0.39, 0.29) is 11.3 Å². The Morgan fingerprint density at radius 2 is 1.81 bits per heavy atom. The van der Waals surface area contributed by atoms with Gasteiger partial charge in [-0.15, -0.1) is 0 Å². The van der Waals surface area contributed by atoms with Crippen molar-refractivity contribution in [2.24, 2.45) is 5.92 Å². The topological polar surface area (TPSA) is 49.3 Å². The molecule has 2 aliphatic rings. The van der Waals surface area contributed by atoms with E-state index in [2.05, 4.69) is 12.2 Å². The molecule has 1 amide bonds. The first-order chi connectivity index (χ1) is 10.0.